The number of aromatic nitrogens is 2. The Labute approximate surface area is 181 Å². The van der Waals surface area contributed by atoms with Gasteiger partial charge in [0.15, 0.2) is 11.8 Å². The molecule has 0 amide bonds. The number of benzene rings is 1. The standard InChI is InChI=1S/C26H31N2O/c1-15(2)12-19-9-11-21-20-10-8-17(5)24(25(20)29-26(21)27-19)23-13-18(6)22(16(3)4)14-28(23)7/h8-11,13-16H,12H2,1-7H3/q+1/i3D3,12D2,16D. The molecular formula is C26H31N2O+. The highest BCUT2D eigenvalue weighted by molar-refractivity contribution is 6.08. The van der Waals surface area contributed by atoms with Crippen molar-refractivity contribution in [2.75, 3.05) is 0 Å². The Kier molecular flexibility index (Phi) is 3.40. The lowest BCUT2D eigenvalue weighted by molar-refractivity contribution is -0.660. The summed E-state index contributed by atoms with van der Waals surface area (Å²) >= 11 is 0. The molecule has 1 atom stereocenters. The van der Waals surface area contributed by atoms with E-state index < -0.39 is 19.1 Å². The second kappa shape index (κ2) is 7.29. The number of furan rings is 1. The molecule has 3 nitrogen and oxygen atoms in total. The Hall–Kier alpha value is -2.68. The summed E-state index contributed by atoms with van der Waals surface area (Å²) in [7, 11) is 1.84. The van der Waals surface area contributed by atoms with E-state index in [-0.39, 0.29) is 5.92 Å². The molecule has 4 rings (SSSR count). The van der Waals surface area contributed by atoms with Gasteiger partial charge in [0.05, 0.1) is 5.56 Å². The largest absolute Gasteiger partial charge is 0.437 e. The molecule has 0 spiro atoms. The Morgan fingerprint density at radius 3 is 2.62 bits per heavy atom. The van der Waals surface area contributed by atoms with Crippen LogP contribution in [0.15, 0.2) is 40.9 Å². The third-order valence-corrected chi connectivity index (χ3v) is 5.29. The van der Waals surface area contributed by atoms with Crippen LogP contribution in [0.25, 0.3) is 33.3 Å². The lowest BCUT2D eigenvalue weighted by atomic mass is 9.95. The van der Waals surface area contributed by atoms with Crippen LogP contribution in [0.3, 0.4) is 0 Å². The summed E-state index contributed by atoms with van der Waals surface area (Å²) in [6, 6.07) is 9.47. The quantitative estimate of drug-likeness (QED) is 0.375. The SMILES string of the molecule is [2H]C([2H])(c1ccc2c(n1)oc1c(-c3cc(C)c(C([2H])(C)C([2H])([2H])[2H])c[n+]3C)c(C)ccc12)C(C)C. The molecule has 0 N–H and O–H groups in total. The number of hydrogen-bond donors (Lipinski definition) is 0. The normalized spacial score (nSPS) is 18.0. The molecule has 0 aliphatic carbocycles. The van der Waals surface area contributed by atoms with Crippen molar-refractivity contribution in [3.8, 4) is 11.3 Å². The molecule has 0 bridgehead atoms. The zero-order valence-electron chi connectivity index (χ0n) is 23.8. The predicted molar refractivity (Wildman–Crippen MR) is 120 cm³/mol. The van der Waals surface area contributed by atoms with Crippen LogP contribution < -0.4 is 4.57 Å². The topological polar surface area (TPSA) is 29.9 Å². The summed E-state index contributed by atoms with van der Waals surface area (Å²) in [4.78, 5) is 4.55. The maximum absolute atomic E-state index is 8.55. The molecule has 0 aliphatic rings. The van der Waals surface area contributed by atoms with Crippen molar-refractivity contribution >= 4 is 22.1 Å². The molecule has 4 aromatic rings. The van der Waals surface area contributed by atoms with Gasteiger partial charge in [-0.25, -0.2) is 9.55 Å². The molecule has 0 aliphatic heterocycles. The first-order valence-corrected chi connectivity index (χ1v) is 9.92. The predicted octanol–water partition coefficient (Wildman–Crippen LogP) is 6.41. The fraction of sp³-hybridized carbons (Fsp3) is 0.385. The van der Waals surface area contributed by atoms with Gasteiger partial charge in [-0.15, -0.1) is 0 Å². The van der Waals surface area contributed by atoms with Crippen molar-refractivity contribution in [1.82, 2.24) is 4.98 Å². The molecule has 150 valence electrons. The molecule has 0 saturated heterocycles. The van der Waals surface area contributed by atoms with E-state index in [1.54, 1.807) is 12.3 Å². The first kappa shape index (κ1) is 13.5. The molecular weight excluding hydrogens is 356 g/mol. The van der Waals surface area contributed by atoms with E-state index >= 15 is 0 Å². The van der Waals surface area contributed by atoms with Crippen molar-refractivity contribution in [2.24, 2.45) is 13.0 Å². The van der Waals surface area contributed by atoms with Gasteiger partial charge >= 0.3 is 0 Å². The fourth-order valence-corrected chi connectivity index (χ4v) is 3.90. The van der Waals surface area contributed by atoms with Crippen molar-refractivity contribution in [2.45, 2.75) is 53.7 Å². The van der Waals surface area contributed by atoms with Gasteiger partial charge in [-0.05, 0) is 55.3 Å². The highest BCUT2D eigenvalue weighted by Gasteiger charge is 2.23. The number of nitrogens with zero attached hydrogens (tertiary/aromatic N) is 2. The fourth-order valence-electron chi connectivity index (χ4n) is 3.90. The van der Waals surface area contributed by atoms with E-state index in [1.165, 1.54) is 6.92 Å². The number of aryl methyl sites for hydroxylation is 3. The minimum absolute atomic E-state index is 0.243. The third kappa shape index (κ3) is 3.43. The van der Waals surface area contributed by atoms with Crippen molar-refractivity contribution in [3.63, 3.8) is 0 Å². The average molecular weight is 394 g/mol. The molecule has 0 saturated carbocycles. The van der Waals surface area contributed by atoms with Gasteiger partial charge in [0.2, 0.25) is 11.4 Å². The lowest BCUT2D eigenvalue weighted by Gasteiger charge is -2.11. The van der Waals surface area contributed by atoms with E-state index in [0.717, 1.165) is 27.6 Å². The first-order valence-electron chi connectivity index (χ1n) is 12.9. The summed E-state index contributed by atoms with van der Waals surface area (Å²) in [5, 5.41) is 1.68. The van der Waals surface area contributed by atoms with Gasteiger partial charge in [0, 0.05) is 36.3 Å². The van der Waals surface area contributed by atoms with E-state index in [0.29, 0.717) is 28.1 Å². The third-order valence-electron chi connectivity index (χ3n) is 5.29. The smallest absolute Gasteiger partial charge is 0.227 e. The summed E-state index contributed by atoms with van der Waals surface area (Å²) < 4.78 is 57.0. The molecule has 3 aromatic heterocycles. The van der Waals surface area contributed by atoms with Crippen molar-refractivity contribution in [1.29, 1.82) is 0 Å². The van der Waals surface area contributed by atoms with Crippen LogP contribution in [0.4, 0.5) is 0 Å². The van der Waals surface area contributed by atoms with Gasteiger partial charge in [0.25, 0.3) is 0 Å². The number of pyridine rings is 2. The van der Waals surface area contributed by atoms with Crippen LogP contribution in [-0.2, 0) is 13.4 Å². The molecule has 0 radical (unpaired) electrons. The molecule has 1 unspecified atom stereocenters. The van der Waals surface area contributed by atoms with Crippen LogP contribution in [0, 0.1) is 19.8 Å². The Balaban J connectivity index is 1.96. The second-order valence-corrected chi connectivity index (χ2v) is 8.08. The first-order chi connectivity index (χ1) is 16.1. The van der Waals surface area contributed by atoms with E-state index in [9.17, 15) is 0 Å². The zero-order chi connectivity index (χ0) is 26.1. The van der Waals surface area contributed by atoms with Gasteiger partial charge in [-0.3, -0.25) is 0 Å². The Morgan fingerprint density at radius 1 is 1.14 bits per heavy atom. The van der Waals surface area contributed by atoms with Crippen LogP contribution in [0.1, 0.15) is 64.1 Å². The number of fused-ring (bicyclic) bond motifs is 3. The van der Waals surface area contributed by atoms with Crippen LogP contribution in [0.2, 0.25) is 0 Å². The van der Waals surface area contributed by atoms with Gasteiger partial charge in [-0.1, -0.05) is 39.8 Å². The maximum atomic E-state index is 8.55. The highest BCUT2D eigenvalue weighted by Crippen LogP contribution is 2.37. The molecule has 3 heterocycles. The van der Waals surface area contributed by atoms with E-state index in [2.05, 4.69) is 4.98 Å². The average Bonchev–Trinajstić information content (AvgIpc) is 3.12. The van der Waals surface area contributed by atoms with Gasteiger partial charge in [0.1, 0.15) is 7.05 Å². The van der Waals surface area contributed by atoms with Crippen LogP contribution in [0.5, 0.6) is 0 Å². The highest BCUT2D eigenvalue weighted by atomic mass is 16.3. The number of rotatable bonds is 4. The summed E-state index contributed by atoms with van der Waals surface area (Å²) in [6.45, 7) is 6.42. The Bertz CT molecular complexity index is 1450. The summed E-state index contributed by atoms with van der Waals surface area (Å²) in [6.07, 6.45) is 0.134. The van der Waals surface area contributed by atoms with Gasteiger partial charge in [-0.2, -0.15) is 0 Å². The summed E-state index contributed by atoms with van der Waals surface area (Å²) in [5.74, 6) is -1.99. The molecule has 1 aromatic carbocycles. The molecule has 0 fully saturated rings. The van der Waals surface area contributed by atoms with E-state index in [1.807, 2.05) is 63.6 Å². The Morgan fingerprint density at radius 2 is 1.90 bits per heavy atom. The molecule has 29 heavy (non-hydrogen) atoms. The summed E-state index contributed by atoms with van der Waals surface area (Å²) in [5.41, 5.74) is 5.17. The second-order valence-electron chi connectivity index (χ2n) is 8.08. The van der Waals surface area contributed by atoms with Crippen LogP contribution in [-0.4, -0.2) is 4.98 Å². The minimum Gasteiger partial charge on any atom is -0.437 e. The maximum Gasteiger partial charge on any atom is 0.227 e. The van der Waals surface area contributed by atoms with Crippen LogP contribution >= 0.6 is 0 Å². The minimum atomic E-state index is -2.47. The monoisotopic (exact) mass is 393 g/mol. The lowest BCUT2D eigenvalue weighted by Crippen LogP contribution is -2.32. The molecule has 3 heteroatoms. The van der Waals surface area contributed by atoms with Crippen molar-refractivity contribution < 1.29 is 17.2 Å². The van der Waals surface area contributed by atoms with Crippen molar-refractivity contribution in [3.05, 3.63) is 58.9 Å². The zero-order valence-corrected chi connectivity index (χ0v) is 17.8. The number of hydrogen-bond acceptors (Lipinski definition) is 2. The van der Waals surface area contributed by atoms with Gasteiger partial charge < -0.3 is 4.42 Å². The van der Waals surface area contributed by atoms with E-state index in [4.69, 9.17) is 12.6 Å².